The molecule has 0 unspecified atom stereocenters. The third-order valence-electron chi connectivity index (χ3n) is 6.30. The fourth-order valence-corrected chi connectivity index (χ4v) is 5.29. The molecule has 1 spiro atoms. The summed E-state index contributed by atoms with van der Waals surface area (Å²) < 4.78 is 11.6. The normalized spacial score (nSPS) is 59.0. The molecular formula is C15H22O4. The van der Waals surface area contributed by atoms with Crippen molar-refractivity contribution in [2.24, 2.45) is 17.3 Å². The predicted octanol–water partition coefficient (Wildman–Crippen LogP) is 1.30. The van der Waals surface area contributed by atoms with E-state index < -0.39 is 11.2 Å². The van der Waals surface area contributed by atoms with Gasteiger partial charge in [0, 0.05) is 11.3 Å². The van der Waals surface area contributed by atoms with E-state index in [9.17, 15) is 9.90 Å². The van der Waals surface area contributed by atoms with Crippen molar-refractivity contribution in [2.75, 3.05) is 0 Å². The van der Waals surface area contributed by atoms with Gasteiger partial charge in [-0.15, -0.1) is 0 Å². The maximum atomic E-state index is 12.7. The van der Waals surface area contributed by atoms with Gasteiger partial charge in [0.15, 0.2) is 11.4 Å². The van der Waals surface area contributed by atoms with Crippen molar-refractivity contribution in [3.63, 3.8) is 0 Å². The first kappa shape index (κ1) is 12.3. The van der Waals surface area contributed by atoms with E-state index in [4.69, 9.17) is 9.47 Å². The van der Waals surface area contributed by atoms with Gasteiger partial charge in [0.05, 0.1) is 17.8 Å². The summed E-state index contributed by atoms with van der Waals surface area (Å²) in [6.45, 7) is 8.00. The molecule has 2 aliphatic heterocycles. The Morgan fingerprint density at radius 2 is 2.05 bits per heavy atom. The molecule has 0 bridgehead atoms. The molecule has 2 saturated carbocycles. The Labute approximate surface area is 113 Å². The average Bonchev–Trinajstić information content (AvgIpc) is 3.14. The lowest BCUT2D eigenvalue weighted by Gasteiger charge is -2.53. The first-order chi connectivity index (χ1) is 8.74. The summed E-state index contributed by atoms with van der Waals surface area (Å²) in [7, 11) is 0. The Hall–Kier alpha value is -0.450. The minimum Gasteiger partial charge on any atom is -0.390 e. The molecule has 2 aliphatic carbocycles. The minimum atomic E-state index is -0.857. The quantitative estimate of drug-likeness (QED) is 0.727. The van der Waals surface area contributed by atoms with Gasteiger partial charge in [0.1, 0.15) is 6.10 Å². The van der Waals surface area contributed by atoms with Crippen LogP contribution in [-0.4, -0.2) is 40.4 Å². The van der Waals surface area contributed by atoms with Crippen LogP contribution in [0.1, 0.15) is 40.5 Å². The molecule has 4 aliphatic rings. The summed E-state index contributed by atoms with van der Waals surface area (Å²) in [5, 5.41) is 10.6. The fourth-order valence-electron chi connectivity index (χ4n) is 5.29. The summed E-state index contributed by atoms with van der Waals surface area (Å²) in [6.07, 6.45) is 1.61. The molecule has 4 rings (SSSR count). The zero-order valence-electron chi connectivity index (χ0n) is 12.0. The van der Waals surface area contributed by atoms with Crippen LogP contribution in [0.3, 0.4) is 0 Å². The second-order valence-corrected chi connectivity index (χ2v) is 7.62. The topological polar surface area (TPSA) is 62.4 Å². The van der Waals surface area contributed by atoms with Crippen molar-refractivity contribution >= 4 is 5.78 Å². The number of fused-ring (bicyclic) bond motifs is 1. The van der Waals surface area contributed by atoms with Gasteiger partial charge < -0.3 is 14.6 Å². The van der Waals surface area contributed by atoms with Gasteiger partial charge in [-0.2, -0.15) is 0 Å². The lowest BCUT2D eigenvalue weighted by Crippen LogP contribution is -2.65. The standard InChI is InChI=1S/C15H22O4/c1-7-5-6-8-15(19-8)12(16)10-9(18-10)11(13(2,3)17)14(7,15)4/h7-11,17H,5-6H2,1-4H3/t7-,8-,9+,10+,11+,14+,15-/m1/s1. The van der Waals surface area contributed by atoms with Crippen LogP contribution in [0.5, 0.6) is 0 Å². The second-order valence-electron chi connectivity index (χ2n) is 7.62. The summed E-state index contributed by atoms with van der Waals surface area (Å²) in [6, 6.07) is 0. The van der Waals surface area contributed by atoms with E-state index in [1.54, 1.807) is 0 Å². The zero-order chi connectivity index (χ0) is 13.8. The van der Waals surface area contributed by atoms with Crippen LogP contribution in [0, 0.1) is 17.3 Å². The van der Waals surface area contributed by atoms with Gasteiger partial charge in [-0.05, 0) is 32.6 Å². The molecule has 4 heteroatoms. The number of Topliss-reactive ketones (excluding diaryl/α,β-unsaturated/α-hetero) is 1. The van der Waals surface area contributed by atoms with Crippen molar-refractivity contribution < 1.29 is 19.4 Å². The van der Waals surface area contributed by atoms with E-state index in [-0.39, 0.29) is 35.4 Å². The maximum Gasteiger partial charge on any atom is 0.199 e. The Balaban J connectivity index is 1.88. The highest BCUT2D eigenvalue weighted by Crippen LogP contribution is 2.71. The van der Waals surface area contributed by atoms with Crippen LogP contribution < -0.4 is 0 Å². The van der Waals surface area contributed by atoms with Crippen LogP contribution >= 0.6 is 0 Å². The van der Waals surface area contributed by atoms with Crippen LogP contribution in [0.25, 0.3) is 0 Å². The highest BCUT2D eigenvalue weighted by atomic mass is 16.6. The van der Waals surface area contributed by atoms with Crippen molar-refractivity contribution in [1.82, 2.24) is 0 Å². The molecule has 0 aromatic rings. The molecule has 106 valence electrons. The molecule has 0 aromatic carbocycles. The third kappa shape index (κ3) is 1.16. The number of hydrogen-bond donors (Lipinski definition) is 1. The molecule has 0 aromatic heterocycles. The minimum absolute atomic E-state index is 0.0389. The molecule has 0 amide bonds. The zero-order valence-corrected chi connectivity index (χ0v) is 12.0. The van der Waals surface area contributed by atoms with Crippen molar-refractivity contribution in [3.8, 4) is 0 Å². The SMILES string of the molecule is C[C@@H]1CC[C@H]2O[C@@]23C(=O)[C@H]2O[C@@H]2[C@@H](C(C)(C)O)[C@]13C. The average molecular weight is 266 g/mol. The Bertz CT molecular complexity index is 467. The smallest absolute Gasteiger partial charge is 0.199 e. The summed E-state index contributed by atoms with van der Waals surface area (Å²) >= 11 is 0. The molecule has 2 saturated heterocycles. The van der Waals surface area contributed by atoms with Crippen LogP contribution in [0.2, 0.25) is 0 Å². The molecule has 0 radical (unpaired) electrons. The molecular weight excluding hydrogens is 244 g/mol. The number of ether oxygens (including phenoxy) is 2. The molecule has 4 nitrogen and oxygen atoms in total. The number of ketones is 1. The fraction of sp³-hybridized carbons (Fsp3) is 0.933. The van der Waals surface area contributed by atoms with Gasteiger partial charge in [-0.1, -0.05) is 13.8 Å². The number of epoxide rings is 2. The highest BCUT2D eigenvalue weighted by molar-refractivity contribution is 5.99. The Morgan fingerprint density at radius 3 is 2.68 bits per heavy atom. The Kier molecular flexibility index (Phi) is 1.99. The summed E-state index contributed by atoms with van der Waals surface area (Å²) in [5.74, 6) is 0.455. The highest BCUT2D eigenvalue weighted by Gasteiger charge is 2.85. The van der Waals surface area contributed by atoms with Crippen LogP contribution in [-0.2, 0) is 14.3 Å². The second kappa shape index (κ2) is 3.07. The third-order valence-corrected chi connectivity index (χ3v) is 6.30. The van der Waals surface area contributed by atoms with E-state index >= 15 is 0 Å². The van der Waals surface area contributed by atoms with Crippen molar-refractivity contribution in [2.45, 2.75) is 70.1 Å². The van der Waals surface area contributed by atoms with E-state index in [1.807, 2.05) is 13.8 Å². The van der Waals surface area contributed by atoms with Gasteiger partial charge >= 0.3 is 0 Å². The lowest BCUT2D eigenvalue weighted by atomic mass is 9.48. The lowest BCUT2D eigenvalue weighted by molar-refractivity contribution is -0.152. The molecule has 7 atom stereocenters. The van der Waals surface area contributed by atoms with Crippen LogP contribution in [0.4, 0.5) is 0 Å². The van der Waals surface area contributed by atoms with Gasteiger partial charge in [0.25, 0.3) is 0 Å². The van der Waals surface area contributed by atoms with Crippen molar-refractivity contribution in [1.29, 1.82) is 0 Å². The number of aliphatic hydroxyl groups is 1. The number of rotatable bonds is 1. The van der Waals surface area contributed by atoms with E-state index in [0.717, 1.165) is 12.8 Å². The Morgan fingerprint density at radius 1 is 1.37 bits per heavy atom. The van der Waals surface area contributed by atoms with Gasteiger partial charge in [-0.3, -0.25) is 4.79 Å². The first-order valence-electron chi connectivity index (χ1n) is 7.34. The molecule has 1 N–H and O–H groups in total. The number of hydrogen-bond acceptors (Lipinski definition) is 4. The number of carbonyl (C=O) groups excluding carboxylic acids is 1. The summed E-state index contributed by atoms with van der Waals surface area (Å²) in [5.41, 5.74) is -1.85. The van der Waals surface area contributed by atoms with E-state index in [2.05, 4.69) is 13.8 Å². The first-order valence-corrected chi connectivity index (χ1v) is 7.34. The van der Waals surface area contributed by atoms with Gasteiger partial charge in [-0.25, -0.2) is 0 Å². The van der Waals surface area contributed by atoms with E-state index in [0.29, 0.717) is 5.92 Å². The number of carbonyl (C=O) groups is 1. The van der Waals surface area contributed by atoms with Gasteiger partial charge in [0.2, 0.25) is 0 Å². The van der Waals surface area contributed by atoms with Crippen molar-refractivity contribution in [3.05, 3.63) is 0 Å². The predicted molar refractivity (Wildman–Crippen MR) is 67.6 cm³/mol. The molecule has 4 fully saturated rings. The van der Waals surface area contributed by atoms with Crippen LogP contribution in [0.15, 0.2) is 0 Å². The van der Waals surface area contributed by atoms with E-state index in [1.165, 1.54) is 0 Å². The molecule has 2 heterocycles. The largest absolute Gasteiger partial charge is 0.390 e. The monoisotopic (exact) mass is 266 g/mol. The summed E-state index contributed by atoms with van der Waals surface area (Å²) in [4.78, 5) is 12.7. The maximum absolute atomic E-state index is 12.7. The molecule has 19 heavy (non-hydrogen) atoms.